The Morgan fingerprint density at radius 2 is 1.62 bits per heavy atom. The topological polar surface area (TPSA) is 70.2 Å². The van der Waals surface area contributed by atoms with Crippen LogP contribution < -0.4 is 16.0 Å². The highest BCUT2D eigenvalue weighted by Gasteiger charge is 2.07. The molecule has 5 nitrogen and oxygen atoms in total. The third kappa shape index (κ3) is 5.70. The first-order valence-electron chi connectivity index (χ1n) is 7.57. The van der Waals surface area contributed by atoms with Gasteiger partial charge in [0.05, 0.1) is 12.2 Å². The molecule has 3 N–H and O–H groups in total. The predicted octanol–water partition coefficient (Wildman–Crippen LogP) is 3.50. The van der Waals surface area contributed by atoms with Crippen LogP contribution in [-0.4, -0.2) is 18.5 Å². The number of aryl methyl sites for hydroxylation is 2. The van der Waals surface area contributed by atoms with Crippen molar-refractivity contribution in [1.29, 1.82) is 0 Å². The SMILES string of the molecule is Cc1ccc(CNC(=O)NCC(=O)Nc2ccc(C)cc2Br)cc1. The summed E-state index contributed by atoms with van der Waals surface area (Å²) in [5, 5.41) is 8.00. The van der Waals surface area contributed by atoms with Crippen molar-refractivity contribution in [3.63, 3.8) is 0 Å². The van der Waals surface area contributed by atoms with Crippen molar-refractivity contribution in [2.24, 2.45) is 0 Å². The number of amides is 3. The summed E-state index contributed by atoms with van der Waals surface area (Å²) in [5.74, 6) is -0.287. The molecule has 0 aliphatic rings. The van der Waals surface area contributed by atoms with Gasteiger partial charge in [0, 0.05) is 11.0 Å². The molecule has 0 aliphatic carbocycles. The number of carbonyl (C=O) groups excluding carboxylic acids is 2. The zero-order chi connectivity index (χ0) is 17.5. The molecule has 0 bridgehead atoms. The summed E-state index contributed by atoms with van der Waals surface area (Å²) in [7, 11) is 0. The highest BCUT2D eigenvalue weighted by molar-refractivity contribution is 9.10. The molecule has 6 heteroatoms. The van der Waals surface area contributed by atoms with Crippen molar-refractivity contribution in [3.05, 3.63) is 63.6 Å². The summed E-state index contributed by atoms with van der Waals surface area (Å²) in [4.78, 5) is 23.6. The van der Waals surface area contributed by atoms with E-state index < -0.39 is 0 Å². The van der Waals surface area contributed by atoms with Gasteiger partial charge in [-0.05, 0) is 53.0 Å². The lowest BCUT2D eigenvalue weighted by Crippen LogP contribution is -2.39. The van der Waals surface area contributed by atoms with Crippen LogP contribution in [0.1, 0.15) is 16.7 Å². The Morgan fingerprint density at radius 3 is 2.29 bits per heavy atom. The molecule has 24 heavy (non-hydrogen) atoms. The molecular formula is C18H20BrN3O2. The molecule has 0 saturated heterocycles. The highest BCUT2D eigenvalue weighted by atomic mass is 79.9. The molecule has 3 amide bonds. The van der Waals surface area contributed by atoms with E-state index >= 15 is 0 Å². The Morgan fingerprint density at radius 1 is 0.958 bits per heavy atom. The highest BCUT2D eigenvalue weighted by Crippen LogP contribution is 2.23. The minimum Gasteiger partial charge on any atom is -0.334 e. The van der Waals surface area contributed by atoms with Gasteiger partial charge in [0.2, 0.25) is 5.91 Å². The van der Waals surface area contributed by atoms with E-state index in [1.54, 1.807) is 0 Å². The lowest BCUT2D eigenvalue weighted by atomic mass is 10.1. The molecule has 0 radical (unpaired) electrons. The van der Waals surface area contributed by atoms with Crippen LogP contribution in [0.4, 0.5) is 10.5 Å². The summed E-state index contributed by atoms with van der Waals surface area (Å²) in [6.45, 7) is 4.29. The molecule has 0 saturated carbocycles. The van der Waals surface area contributed by atoms with Gasteiger partial charge in [-0.2, -0.15) is 0 Å². The van der Waals surface area contributed by atoms with Crippen LogP contribution in [0.3, 0.4) is 0 Å². The van der Waals surface area contributed by atoms with Gasteiger partial charge in [0.25, 0.3) is 0 Å². The van der Waals surface area contributed by atoms with Gasteiger partial charge < -0.3 is 16.0 Å². The van der Waals surface area contributed by atoms with E-state index in [-0.39, 0.29) is 18.5 Å². The maximum absolute atomic E-state index is 11.9. The molecular weight excluding hydrogens is 370 g/mol. The van der Waals surface area contributed by atoms with Crippen molar-refractivity contribution < 1.29 is 9.59 Å². The molecule has 0 atom stereocenters. The van der Waals surface area contributed by atoms with E-state index in [2.05, 4.69) is 31.9 Å². The van der Waals surface area contributed by atoms with Crippen LogP contribution in [-0.2, 0) is 11.3 Å². The number of anilines is 1. The largest absolute Gasteiger partial charge is 0.334 e. The molecule has 0 spiro atoms. The van der Waals surface area contributed by atoms with Crippen molar-refractivity contribution in [2.75, 3.05) is 11.9 Å². The fourth-order valence-electron chi connectivity index (χ4n) is 2.03. The summed E-state index contributed by atoms with van der Waals surface area (Å²) >= 11 is 3.40. The molecule has 0 aromatic heterocycles. The smallest absolute Gasteiger partial charge is 0.315 e. The number of carbonyl (C=O) groups is 2. The molecule has 2 rings (SSSR count). The number of halogens is 1. The van der Waals surface area contributed by atoms with Crippen molar-refractivity contribution in [2.45, 2.75) is 20.4 Å². The molecule has 0 aliphatic heterocycles. The van der Waals surface area contributed by atoms with E-state index in [0.717, 1.165) is 15.6 Å². The first-order valence-corrected chi connectivity index (χ1v) is 8.36. The number of rotatable bonds is 5. The predicted molar refractivity (Wildman–Crippen MR) is 98.9 cm³/mol. The third-order valence-electron chi connectivity index (χ3n) is 3.38. The Hall–Kier alpha value is -2.34. The fourth-order valence-corrected chi connectivity index (χ4v) is 2.62. The van der Waals surface area contributed by atoms with Crippen LogP contribution in [0.15, 0.2) is 46.9 Å². The van der Waals surface area contributed by atoms with Gasteiger partial charge in [-0.3, -0.25) is 4.79 Å². The Kier molecular flexibility index (Phi) is 6.37. The van der Waals surface area contributed by atoms with Gasteiger partial charge >= 0.3 is 6.03 Å². The minimum atomic E-state index is -0.381. The monoisotopic (exact) mass is 389 g/mol. The number of urea groups is 1. The maximum Gasteiger partial charge on any atom is 0.315 e. The summed E-state index contributed by atoms with van der Waals surface area (Å²) in [6.07, 6.45) is 0. The molecule has 2 aromatic rings. The Labute approximate surface area is 150 Å². The lowest BCUT2D eigenvalue weighted by molar-refractivity contribution is -0.115. The molecule has 2 aromatic carbocycles. The molecule has 0 unspecified atom stereocenters. The fraction of sp³-hybridized carbons (Fsp3) is 0.222. The van der Waals surface area contributed by atoms with Crippen LogP contribution >= 0.6 is 15.9 Å². The second kappa shape index (κ2) is 8.49. The number of nitrogens with one attached hydrogen (secondary N) is 3. The minimum absolute atomic E-state index is 0.0972. The van der Waals surface area contributed by atoms with Gasteiger partial charge in [-0.25, -0.2) is 4.79 Å². The van der Waals surface area contributed by atoms with Gasteiger partial charge in [-0.1, -0.05) is 35.9 Å². The summed E-state index contributed by atoms with van der Waals surface area (Å²) < 4.78 is 0.805. The van der Waals surface area contributed by atoms with E-state index in [9.17, 15) is 9.59 Å². The molecule has 0 heterocycles. The molecule has 126 valence electrons. The van der Waals surface area contributed by atoms with Crippen LogP contribution in [0.5, 0.6) is 0 Å². The zero-order valence-electron chi connectivity index (χ0n) is 13.7. The lowest BCUT2D eigenvalue weighted by Gasteiger charge is -2.10. The van der Waals surface area contributed by atoms with Crippen molar-refractivity contribution >= 4 is 33.6 Å². The Balaban J connectivity index is 1.74. The quantitative estimate of drug-likeness (QED) is 0.732. The van der Waals surface area contributed by atoms with Crippen LogP contribution in [0.2, 0.25) is 0 Å². The van der Waals surface area contributed by atoms with E-state index in [1.165, 1.54) is 5.56 Å². The van der Waals surface area contributed by atoms with E-state index in [4.69, 9.17) is 0 Å². The Bertz CT molecular complexity index is 730. The number of benzene rings is 2. The third-order valence-corrected chi connectivity index (χ3v) is 4.04. The first-order chi connectivity index (χ1) is 11.4. The standard InChI is InChI=1S/C18H20BrN3O2/c1-12-3-6-14(7-4-12)10-20-18(24)21-11-17(23)22-16-8-5-13(2)9-15(16)19/h3-9H,10-11H2,1-2H3,(H,22,23)(H2,20,21,24). The number of hydrogen-bond donors (Lipinski definition) is 3. The van der Waals surface area contributed by atoms with Crippen LogP contribution in [0.25, 0.3) is 0 Å². The van der Waals surface area contributed by atoms with E-state index in [1.807, 2.05) is 56.3 Å². The zero-order valence-corrected chi connectivity index (χ0v) is 15.2. The van der Waals surface area contributed by atoms with Crippen molar-refractivity contribution in [3.8, 4) is 0 Å². The van der Waals surface area contributed by atoms with Gasteiger partial charge in [0.1, 0.15) is 0 Å². The average molecular weight is 390 g/mol. The van der Waals surface area contributed by atoms with Gasteiger partial charge in [-0.15, -0.1) is 0 Å². The van der Waals surface area contributed by atoms with Crippen molar-refractivity contribution in [1.82, 2.24) is 10.6 Å². The summed E-state index contributed by atoms with van der Waals surface area (Å²) in [5.41, 5.74) is 3.94. The average Bonchev–Trinajstić information content (AvgIpc) is 2.55. The van der Waals surface area contributed by atoms with E-state index in [0.29, 0.717) is 12.2 Å². The second-order valence-corrected chi connectivity index (χ2v) is 6.41. The summed E-state index contributed by atoms with van der Waals surface area (Å²) in [6, 6.07) is 13.1. The van der Waals surface area contributed by atoms with Crippen LogP contribution in [0, 0.1) is 13.8 Å². The van der Waals surface area contributed by atoms with Gasteiger partial charge in [0.15, 0.2) is 0 Å². The molecule has 0 fully saturated rings. The second-order valence-electron chi connectivity index (χ2n) is 5.55. The number of hydrogen-bond acceptors (Lipinski definition) is 2. The first kappa shape index (κ1) is 18.0. The maximum atomic E-state index is 11.9. The normalized spacial score (nSPS) is 10.1.